The van der Waals surface area contributed by atoms with Crippen molar-refractivity contribution in [1.29, 1.82) is 0 Å². The summed E-state index contributed by atoms with van der Waals surface area (Å²) in [5.74, 6) is -0.263. The molecule has 0 aliphatic carbocycles. The van der Waals surface area contributed by atoms with Gasteiger partial charge in [-0.25, -0.2) is 8.42 Å². The fourth-order valence-corrected chi connectivity index (χ4v) is 6.77. The Morgan fingerprint density at radius 3 is 2.47 bits per heavy atom. The van der Waals surface area contributed by atoms with Crippen LogP contribution < -0.4 is 4.80 Å². The first-order chi connectivity index (χ1) is 16.3. The number of carbonyl (C=O) groups excluding carboxylic acids is 1. The van der Waals surface area contributed by atoms with Crippen LogP contribution in [-0.4, -0.2) is 67.7 Å². The largest absolute Gasteiger partial charge is 0.340 e. The van der Waals surface area contributed by atoms with Crippen LogP contribution in [0.2, 0.25) is 0 Å². The lowest BCUT2D eigenvalue weighted by Crippen LogP contribution is -2.48. The molecule has 0 N–H and O–H groups in total. The Balaban J connectivity index is 1.32. The number of fused-ring (bicyclic) bond motifs is 1. The van der Waals surface area contributed by atoms with E-state index in [9.17, 15) is 13.2 Å². The number of halogens is 1. The van der Waals surface area contributed by atoms with Crippen LogP contribution in [0.5, 0.6) is 0 Å². The maximum absolute atomic E-state index is 12.9. The van der Waals surface area contributed by atoms with E-state index in [1.807, 2.05) is 25.2 Å². The number of amides is 1. The first kappa shape index (κ1) is 25.3. The molecule has 10 heteroatoms. The lowest BCUT2D eigenvalue weighted by molar-refractivity contribution is -0.132. The summed E-state index contributed by atoms with van der Waals surface area (Å²) in [6.07, 6.45) is 0.00893. The zero-order chi connectivity index (χ0) is 24.3. The van der Waals surface area contributed by atoms with E-state index in [4.69, 9.17) is 0 Å². The lowest BCUT2D eigenvalue weighted by atomic mass is 10.1. The summed E-state index contributed by atoms with van der Waals surface area (Å²) in [5.41, 5.74) is 2.41. The van der Waals surface area contributed by atoms with Gasteiger partial charge in [-0.2, -0.15) is 0 Å². The van der Waals surface area contributed by atoms with Crippen molar-refractivity contribution in [2.45, 2.75) is 22.3 Å². The second kappa shape index (κ2) is 10.9. The number of alkyl halides is 1. The van der Waals surface area contributed by atoms with Crippen LogP contribution in [0.15, 0.2) is 51.7 Å². The number of sulfone groups is 1. The number of piperazine rings is 1. The number of thiazole rings is 1. The Kier molecular flexibility index (Phi) is 8.11. The molecule has 1 amide bonds. The molecule has 0 bridgehead atoms. The molecule has 182 valence electrons. The molecule has 2 heterocycles. The highest BCUT2D eigenvalue weighted by Crippen LogP contribution is 2.23. The maximum atomic E-state index is 12.9. The normalized spacial score (nSPS) is 15.9. The van der Waals surface area contributed by atoms with Crippen molar-refractivity contribution >= 4 is 60.4 Å². The lowest BCUT2D eigenvalue weighted by Gasteiger charge is -2.34. The molecule has 1 aliphatic rings. The zero-order valence-corrected chi connectivity index (χ0v) is 23.2. The van der Waals surface area contributed by atoms with Crippen LogP contribution in [0.1, 0.15) is 17.7 Å². The second-order valence-electron chi connectivity index (χ2n) is 8.49. The summed E-state index contributed by atoms with van der Waals surface area (Å²) in [7, 11) is 0.286. The van der Waals surface area contributed by atoms with Gasteiger partial charge in [-0.05, 0) is 28.5 Å². The Bertz CT molecular complexity index is 1360. The number of hydrogen-bond acceptors (Lipinski definition) is 6. The monoisotopic (exact) mass is 612 g/mol. The third-order valence-corrected chi connectivity index (χ3v) is 9.95. The van der Waals surface area contributed by atoms with Crippen molar-refractivity contribution in [3.63, 3.8) is 0 Å². The van der Waals surface area contributed by atoms with Crippen molar-refractivity contribution in [1.82, 2.24) is 14.4 Å². The predicted octanol–water partition coefficient (Wildman–Crippen LogP) is 3.21. The van der Waals surface area contributed by atoms with Crippen LogP contribution in [-0.2, 0) is 32.7 Å². The van der Waals surface area contributed by atoms with E-state index in [1.54, 1.807) is 35.4 Å². The van der Waals surface area contributed by atoms with Gasteiger partial charge in [0.15, 0.2) is 14.6 Å². The van der Waals surface area contributed by atoms with Gasteiger partial charge in [-0.15, -0.1) is 11.3 Å². The van der Waals surface area contributed by atoms with Gasteiger partial charge in [0.25, 0.3) is 0 Å². The molecule has 1 saturated heterocycles. The molecule has 0 radical (unpaired) electrons. The highest BCUT2D eigenvalue weighted by Gasteiger charge is 2.24. The minimum absolute atomic E-state index is 0.00893. The van der Waals surface area contributed by atoms with Crippen LogP contribution >= 0.6 is 33.9 Å². The summed E-state index contributed by atoms with van der Waals surface area (Å²) in [4.78, 5) is 22.4. The molecule has 0 saturated carbocycles. The Hall–Kier alpha value is -1.76. The molecule has 1 fully saturated rings. The number of carbonyl (C=O) groups is 1. The summed E-state index contributed by atoms with van der Waals surface area (Å²) in [6, 6.07) is 11.3. The molecule has 2 aromatic carbocycles. The number of benzene rings is 2. The van der Waals surface area contributed by atoms with Gasteiger partial charge in [0, 0.05) is 68.7 Å². The first-order valence-corrected chi connectivity index (χ1v) is 15.2. The zero-order valence-electron chi connectivity index (χ0n) is 19.4. The maximum Gasteiger partial charge on any atom is 0.223 e. The average molecular weight is 613 g/mol. The van der Waals surface area contributed by atoms with E-state index < -0.39 is 9.84 Å². The van der Waals surface area contributed by atoms with Crippen LogP contribution in [0.25, 0.3) is 10.8 Å². The summed E-state index contributed by atoms with van der Waals surface area (Å²) < 4.78 is 28.8. The molecular weight excluding hydrogens is 583 g/mol. The third-order valence-electron chi connectivity index (χ3n) is 6.29. The molecule has 34 heavy (non-hydrogen) atoms. The molecule has 3 aromatic rings. The predicted molar refractivity (Wildman–Crippen MR) is 145 cm³/mol. The van der Waals surface area contributed by atoms with Crippen LogP contribution in [0, 0.1) is 0 Å². The first-order valence-electron chi connectivity index (χ1n) is 11.2. The molecule has 0 spiro atoms. The molecule has 1 aliphatic heterocycles. The fourth-order valence-electron chi connectivity index (χ4n) is 4.18. The highest BCUT2D eigenvalue weighted by molar-refractivity contribution is 14.1. The van der Waals surface area contributed by atoms with Gasteiger partial charge in [-0.1, -0.05) is 46.9 Å². The van der Waals surface area contributed by atoms with Crippen LogP contribution in [0.3, 0.4) is 0 Å². The van der Waals surface area contributed by atoms with Crippen molar-refractivity contribution < 1.29 is 13.2 Å². The van der Waals surface area contributed by atoms with E-state index >= 15 is 0 Å². The molecular formula is C24H29IN4O3S2. The molecule has 1 aromatic heterocycles. The smallest absolute Gasteiger partial charge is 0.223 e. The average Bonchev–Trinajstić information content (AvgIpc) is 3.21. The van der Waals surface area contributed by atoms with Gasteiger partial charge in [0.2, 0.25) is 5.91 Å². The molecule has 7 nitrogen and oxygen atoms in total. The van der Waals surface area contributed by atoms with Crippen molar-refractivity contribution in [2.24, 2.45) is 12.0 Å². The summed E-state index contributed by atoms with van der Waals surface area (Å²) >= 11 is 3.94. The van der Waals surface area contributed by atoms with E-state index in [0.29, 0.717) is 13.1 Å². The number of aromatic nitrogens is 1. The highest BCUT2D eigenvalue weighted by atomic mass is 127. The van der Waals surface area contributed by atoms with Gasteiger partial charge in [0.1, 0.15) is 0 Å². The SMILES string of the molecule is CN=c1scc(CN2CCN(C(=O)CCS(=O)(=O)c3ccc4cc(CI)ccc4c3)CC2)n1C. The Morgan fingerprint density at radius 2 is 1.79 bits per heavy atom. The standard InChI is InChI=1S/C24H29IN4O3S2/c1-26-24-27(2)21(17-33-24)16-28-8-10-29(11-9-28)23(30)7-12-34(31,32)22-6-5-19-13-18(15-25)3-4-20(19)14-22/h3-6,13-14,17H,7-12,15-16H2,1-2H3. The minimum atomic E-state index is -3.53. The fraction of sp³-hybridized carbons (Fsp3) is 0.417. The molecule has 0 atom stereocenters. The van der Waals surface area contributed by atoms with Gasteiger partial charge < -0.3 is 9.47 Å². The molecule has 4 rings (SSSR count). The van der Waals surface area contributed by atoms with E-state index in [0.717, 1.165) is 39.6 Å². The van der Waals surface area contributed by atoms with Gasteiger partial charge >= 0.3 is 0 Å². The van der Waals surface area contributed by atoms with E-state index in [-0.39, 0.29) is 23.0 Å². The summed E-state index contributed by atoms with van der Waals surface area (Å²) in [6.45, 7) is 3.60. The Morgan fingerprint density at radius 1 is 1.09 bits per heavy atom. The number of rotatable bonds is 7. The Labute approximate surface area is 218 Å². The van der Waals surface area contributed by atoms with Crippen molar-refractivity contribution in [3.8, 4) is 0 Å². The van der Waals surface area contributed by atoms with E-state index in [2.05, 4.69) is 48.5 Å². The summed E-state index contributed by atoms with van der Waals surface area (Å²) in [5, 5.41) is 4.05. The van der Waals surface area contributed by atoms with Crippen molar-refractivity contribution in [3.05, 3.63) is 57.8 Å². The topological polar surface area (TPSA) is 75.0 Å². The number of nitrogens with zero attached hydrogens (tertiary/aromatic N) is 4. The molecule has 0 unspecified atom stereocenters. The second-order valence-corrected chi connectivity index (χ2v) is 12.2. The van der Waals surface area contributed by atoms with Crippen molar-refractivity contribution in [2.75, 3.05) is 39.0 Å². The minimum Gasteiger partial charge on any atom is -0.340 e. The van der Waals surface area contributed by atoms with E-state index in [1.165, 1.54) is 11.3 Å². The number of hydrogen-bond donors (Lipinski definition) is 0. The van der Waals surface area contributed by atoms with Gasteiger partial charge in [-0.3, -0.25) is 14.7 Å². The quantitative estimate of drug-likeness (QED) is 0.304. The third kappa shape index (κ3) is 5.72. The van der Waals surface area contributed by atoms with Gasteiger partial charge in [0.05, 0.1) is 10.6 Å². The van der Waals surface area contributed by atoms with Crippen LogP contribution in [0.4, 0.5) is 0 Å².